The van der Waals surface area contributed by atoms with Crippen molar-refractivity contribution in [1.29, 1.82) is 0 Å². The molecule has 0 aliphatic heterocycles. The minimum atomic E-state index is -1.11. The van der Waals surface area contributed by atoms with Gasteiger partial charge in [-0.2, -0.15) is 5.10 Å². The van der Waals surface area contributed by atoms with Crippen LogP contribution in [-0.2, 0) is 16.1 Å². The number of nitrogens with one attached hydrogen (secondary N) is 2. The van der Waals surface area contributed by atoms with Gasteiger partial charge in [0.2, 0.25) is 0 Å². The number of benzene rings is 1. The molecule has 26 heavy (non-hydrogen) atoms. The van der Waals surface area contributed by atoms with Gasteiger partial charge in [0.1, 0.15) is 0 Å². The first-order valence-corrected chi connectivity index (χ1v) is 8.24. The zero-order valence-electron chi connectivity index (χ0n) is 14.9. The largest absolute Gasteiger partial charge is 0.449 e. The summed E-state index contributed by atoms with van der Waals surface area (Å²) in [4.78, 5) is 35.5. The second kappa shape index (κ2) is 8.80. The van der Waals surface area contributed by atoms with E-state index in [0.717, 1.165) is 5.56 Å². The molecular formula is C18H22N4O4. The second-order valence-corrected chi connectivity index (χ2v) is 6.08. The molecule has 0 aliphatic carbocycles. The van der Waals surface area contributed by atoms with E-state index in [1.54, 1.807) is 24.7 Å². The molecule has 2 aromatic rings. The number of ether oxygens (including phenoxy) is 1. The number of hydrogen-bond acceptors (Lipinski definition) is 5. The lowest BCUT2D eigenvalue weighted by Gasteiger charge is -2.13. The summed E-state index contributed by atoms with van der Waals surface area (Å²) in [7, 11) is 0. The first-order valence-electron chi connectivity index (χ1n) is 8.24. The van der Waals surface area contributed by atoms with Gasteiger partial charge in [-0.3, -0.25) is 14.8 Å². The smallest absolute Gasteiger partial charge is 0.342 e. The molecule has 0 bridgehead atoms. The van der Waals surface area contributed by atoms with Crippen LogP contribution in [0.15, 0.2) is 42.7 Å². The zero-order valence-corrected chi connectivity index (χ0v) is 14.9. The maximum atomic E-state index is 12.1. The molecule has 8 heteroatoms. The number of urea groups is 1. The fraction of sp³-hybridized carbons (Fsp3) is 0.333. The van der Waals surface area contributed by atoms with Crippen LogP contribution >= 0.6 is 0 Å². The Balaban J connectivity index is 1.89. The topological polar surface area (TPSA) is 102 Å². The Morgan fingerprint density at radius 1 is 1.15 bits per heavy atom. The lowest BCUT2D eigenvalue weighted by molar-refractivity contribution is -0.127. The predicted octanol–water partition coefficient (Wildman–Crippen LogP) is 1.71. The molecule has 8 nitrogen and oxygen atoms in total. The molecule has 0 saturated carbocycles. The third kappa shape index (κ3) is 5.73. The van der Waals surface area contributed by atoms with Gasteiger partial charge < -0.3 is 10.1 Å². The van der Waals surface area contributed by atoms with Crippen molar-refractivity contribution in [1.82, 2.24) is 20.4 Å². The van der Waals surface area contributed by atoms with E-state index in [-0.39, 0.29) is 11.6 Å². The number of amides is 3. The SMILES string of the molecule is CC(C)NC(=O)NC(=O)C(C)OC(=O)c1cnn(Cc2ccccc2)c1. The molecule has 3 amide bonds. The molecule has 1 atom stereocenters. The number of esters is 1. The van der Waals surface area contributed by atoms with E-state index in [1.165, 1.54) is 13.1 Å². The highest BCUT2D eigenvalue weighted by Crippen LogP contribution is 2.07. The van der Waals surface area contributed by atoms with Gasteiger partial charge in [0, 0.05) is 12.2 Å². The first-order chi connectivity index (χ1) is 12.3. The Kier molecular flexibility index (Phi) is 6.48. The van der Waals surface area contributed by atoms with Crippen LogP contribution < -0.4 is 10.6 Å². The molecular weight excluding hydrogens is 336 g/mol. The molecule has 0 fully saturated rings. The van der Waals surface area contributed by atoms with Gasteiger partial charge in [-0.25, -0.2) is 9.59 Å². The van der Waals surface area contributed by atoms with Gasteiger partial charge in [0.05, 0.1) is 18.3 Å². The molecule has 138 valence electrons. The van der Waals surface area contributed by atoms with Crippen LogP contribution in [0.5, 0.6) is 0 Å². The van der Waals surface area contributed by atoms with Crippen molar-refractivity contribution in [3.8, 4) is 0 Å². The van der Waals surface area contributed by atoms with Crippen molar-refractivity contribution < 1.29 is 19.1 Å². The average molecular weight is 358 g/mol. The second-order valence-electron chi connectivity index (χ2n) is 6.08. The highest BCUT2D eigenvalue weighted by molar-refractivity contribution is 5.98. The van der Waals surface area contributed by atoms with Crippen LogP contribution in [0.2, 0.25) is 0 Å². The number of rotatable bonds is 6. The summed E-state index contributed by atoms with van der Waals surface area (Å²) in [5.74, 6) is -1.38. The van der Waals surface area contributed by atoms with Gasteiger partial charge in [0.25, 0.3) is 5.91 Å². The van der Waals surface area contributed by atoms with Crippen LogP contribution in [0, 0.1) is 0 Å². The molecule has 0 saturated heterocycles. The predicted molar refractivity (Wildman–Crippen MR) is 94.5 cm³/mol. The van der Waals surface area contributed by atoms with Crippen LogP contribution in [-0.4, -0.2) is 39.8 Å². The third-order valence-corrected chi connectivity index (χ3v) is 3.37. The molecule has 0 radical (unpaired) electrons. The Bertz CT molecular complexity index is 771. The van der Waals surface area contributed by atoms with E-state index >= 15 is 0 Å². The maximum absolute atomic E-state index is 12.1. The van der Waals surface area contributed by atoms with E-state index in [4.69, 9.17) is 4.74 Å². The quantitative estimate of drug-likeness (QED) is 0.766. The number of carbonyl (C=O) groups is 3. The summed E-state index contributed by atoms with van der Waals surface area (Å²) < 4.78 is 6.69. The van der Waals surface area contributed by atoms with Gasteiger partial charge in [-0.05, 0) is 26.3 Å². The number of imide groups is 1. The molecule has 0 spiro atoms. The number of hydrogen-bond donors (Lipinski definition) is 2. The van der Waals surface area contributed by atoms with Crippen LogP contribution in [0.25, 0.3) is 0 Å². The molecule has 1 unspecified atom stereocenters. The summed E-state index contributed by atoms with van der Waals surface area (Å²) in [6.07, 6.45) is 1.81. The van der Waals surface area contributed by atoms with E-state index in [1.807, 2.05) is 30.3 Å². The third-order valence-electron chi connectivity index (χ3n) is 3.37. The Morgan fingerprint density at radius 2 is 1.85 bits per heavy atom. The summed E-state index contributed by atoms with van der Waals surface area (Å²) in [6.45, 7) is 5.44. The molecule has 1 aromatic heterocycles. The summed E-state index contributed by atoms with van der Waals surface area (Å²) in [5.41, 5.74) is 1.27. The van der Waals surface area contributed by atoms with Crippen LogP contribution in [0.4, 0.5) is 4.79 Å². The molecule has 2 rings (SSSR count). The monoisotopic (exact) mass is 358 g/mol. The van der Waals surface area contributed by atoms with Crippen molar-refractivity contribution >= 4 is 17.9 Å². The fourth-order valence-electron chi connectivity index (χ4n) is 2.12. The van der Waals surface area contributed by atoms with Gasteiger partial charge in [-0.1, -0.05) is 30.3 Å². The van der Waals surface area contributed by atoms with E-state index in [9.17, 15) is 14.4 Å². The summed E-state index contributed by atoms with van der Waals surface area (Å²) >= 11 is 0. The molecule has 1 heterocycles. The van der Waals surface area contributed by atoms with Gasteiger partial charge in [0.15, 0.2) is 6.10 Å². The van der Waals surface area contributed by atoms with E-state index in [2.05, 4.69) is 15.7 Å². The highest BCUT2D eigenvalue weighted by Gasteiger charge is 2.21. The van der Waals surface area contributed by atoms with Crippen molar-refractivity contribution in [3.05, 3.63) is 53.9 Å². The Morgan fingerprint density at radius 3 is 2.50 bits per heavy atom. The van der Waals surface area contributed by atoms with Crippen LogP contribution in [0.3, 0.4) is 0 Å². The van der Waals surface area contributed by atoms with Crippen molar-refractivity contribution in [2.75, 3.05) is 0 Å². The van der Waals surface area contributed by atoms with E-state index < -0.39 is 24.0 Å². The standard InChI is InChI=1S/C18H22N4O4/c1-12(2)20-18(25)21-16(23)13(3)26-17(24)15-9-19-22(11-15)10-14-7-5-4-6-8-14/h4-9,11-13H,10H2,1-3H3,(H2,20,21,23,25). The normalized spacial score (nSPS) is 11.7. The van der Waals surface area contributed by atoms with Crippen molar-refractivity contribution in [3.63, 3.8) is 0 Å². The van der Waals surface area contributed by atoms with Gasteiger partial charge >= 0.3 is 12.0 Å². The minimum Gasteiger partial charge on any atom is -0.449 e. The lowest BCUT2D eigenvalue weighted by Crippen LogP contribution is -2.46. The molecule has 2 N–H and O–H groups in total. The van der Waals surface area contributed by atoms with Gasteiger partial charge in [-0.15, -0.1) is 0 Å². The maximum Gasteiger partial charge on any atom is 0.342 e. The molecule has 0 aliphatic rings. The minimum absolute atomic E-state index is 0.115. The highest BCUT2D eigenvalue weighted by atomic mass is 16.5. The fourth-order valence-corrected chi connectivity index (χ4v) is 2.12. The van der Waals surface area contributed by atoms with Crippen LogP contribution in [0.1, 0.15) is 36.7 Å². The number of aromatic nitrogens is 2. The lowest BCUT2D eigenvalue weighted by atomic mass is 10.2. The Labute approximate surface area is 151 Å². The van der Waals surface area contributed by atoms with Crippen molar-refractivity contribution in [2.45, 2.75) is 39.5 Å². The average Bonchev–Trinajstić information content (AvgIpc) is 3.03. The molecule has 1 aromatic carbocycles. The number of nitrogens with zero attached hydrogens (tertiary/aromatic N) is 2. The Hall–Kier alpha value is -3.16. The van der Waals surface area contributed by atoms with Crippen molar-refractivity contribution in [2.24, 2.45) is 0 Å². The first kappa shape index (κ1) is 19.2. The van der Waals surface area contributed by atoms with E-state index in [0.29, 0.717) is 6.54 Å². The zero-order chi connectivity index (χ0) is 19.1. The summed E-state index contributed by atoms with van der Waals surface area (Å²) in [6, 6.07) is 8.92. The summed E-state index contributed by atoms with van der Waals surface area (Å²) in [5, 5.41) is 8.75. The number of carbonyl (C=O) groups excluding carboxylic acids is 3.